The molecule has 0 fully saturated rings. The van der Waals surface area contributed by atoms with E-state index in [1.165, 1.54) is 10.6 Å². The molecule has 0 radical (unpaired) electrons. The Morgan fingerprint density at radius 1 is 0.900 bits per heavy atom. The quantitative estimate of drug-likeness (QED) is 0.805. The van der Waals surface area contributed by atoms with E-state index < -0.39 is 7.92 Å². The molecule has 0 heterocycles. The van der Waals surface area contributed by atoms with Crippen molar-refractivity contribution >= 4 is 18.5 Å². The minimum Gasteiger partial charge on any atom is -0.396 e. The van der Waals surface area contributed by atoms with Gasteiger partial charge in [0.15, 0.2) is 0 Å². The highest BCUT2D eigenvalue weighted by Crippen LogP contribution is 2.41. The number of benzene rings is 2. The average Bonchev–Trinajstić information content (AvgIpc) is 2.54. The van der Waals surface area contributed by atoms with Gasteiger partial charge in [0, 0.05) is 6.61 Å². The zero-order chi connectivity index (χ0) is 14.4. The maximum absolute atomic E-state index is 9.74. The molecule has 0 aliphatic heterocycles. The lowest BCUT2D eigenvalue weighted by Crippen LogP contribution is -2.29. The number of aliphatic hydroxyl groups is 1. The molecule has 1 atom stereocenters. The third-order valence-electron chi connectivity index (χ3n) is 3.91. The van der Waals surface area contributed by atoms with E-state index >= 15 is 0 Å². The van der Waals surface area contributed by atoms with Gasteiger partial charge in [-0.1, -0.05) is 74.5 Å². The molecule has 0 aromatic heterocycles. The monoisotopic (exact) mass is 286 g/mol. The molecule has 0 spiro atoms. The first-order chi connectivity index (χ1) is 9.68. The molecule has 106 valence electrons. The van der Waals surface area contributed by atoms with Crippen molar-refractivity contribution in [1.82, 2.24) is 0 Å². The van der Waals surface area contributed by atoms with Crippen LogP contribution in [0.25, 0.3) is 0 Å². The van der Waals surface area contributed by atoms with Gasteiger partial charge in [-0.25, -0.2) is 0 Å². The molecule has 0 aliphatic rings. The van der Waals surface area contributed by atoms with Crippen molar-refractivity contribution in [3.63, 3.8) is 0 Å². The van der Waals surface area contributed by atoms with Crippen molar-refractivity contribution in [3.05, 3.63) is 60.7 Å². The van der Waals surface area contributed by atoms with E-state index in [9.17, 15) is 5.11 Å². The summed E-state index contributed by atoms with van der Waals surface area (Å²) < 4.78 is 0. The molecular weight excluding hydrogens is 263 g/mol. The summed E-state index contributed by atoms with van der Waals surface area (Å²) in [6.07, 6.45) is 2.03. The van der Waals surface area contributed by atoms with E-state index in [4.69, 9.17) is 0 Å². The van der Waals surface area contributed by atoms with Gasteiger partial charge in [0.1, 0.15) is 0 Å². The third-order valence-corrected chi connectivity index (χ3v) is 6.83. The van der Waals surface area contributed by atoms with Crippen molar-refractivity contribution < 1.29 is 5.11 Å². The van der Waals surface area contributed by atoms with Crippen LogP contribution in [0.3, 0.4) is 0 Å². The van der Waals surface area contributed by atoms with Gasteiger partial charge in [-0.05, 0) is 36.5 Å². The molecule has 2 aromatic carbocycles. The third kappa shape index (κ3) is 3.69. The summed E-state index contributed by atoms with van der Waals surface area (Å²) in [5.41, 5.74) is -0.00259. The van der Waals surface area contributed by atoms with Gasteiger partial charge in [-0.3, -0.25) is 0 Å². The second-order valence-corrected chi connectivity index (χ2v) is 7.78. The van der Waals surface area contributed by atoms with Crippen molar-refractivity contribution in [2.45, 2.75) is 20.3 Å². The summed E-state index contributed by atoms with van der Waals surface area (Å²) in [7, 11) is -0.411. The maximum atomic E-state index is 9.74. The SMILES string of the molecule is CC[C@](C)(CO)CP(c1ccccc1)c1ccccc1. The van der Waals surface area contributed by atoms with Gasteiger partial charge in [-0.15, -0.1) is 0 Å². The minimum absolute atomic E-state index is 0.00259. The summed E-state index contributed by atoms with van der Waals surface area (Å²) in [4.78, 5) is 0. The molecule has 0 unspecified atom stereocenters. The minimum atomic E-state index is -0.411. The Kier molecular flexibility index (Phi) is 5.34. The topological polar surface area (TPSA) is 20.2 Å². The molecule has 0 bridgehead atoms. The molecule has 2 heteroatoms. The van der Waals surface area contributed by atoms with Crippen LogP contribution >= 0.6 is 7.92 Å². The predicted octanol–water partition coefficient (Wildman–Crippen LogP) is 3.53. The molecule has 0 saturated heterocycles. The molecule has 1 N–H and O–H groups in total. The highest BCUT2D eigenvalue weighted by atomic mass is 31.1. The Morgan fingerprint density at radius 3 is 1.70 bits per heavy atom. The Balaban J connectivity index is 2.35. The molecule has 2 aromatic rings. The number of rotatable bonds is 6. The van der Waals surface area contributed by atoms with Crippen molar-refractivity contribution in [2.24, 2.45) is 5.41 Å². The molecule has 2 rings (SSSR count). The Hall–Kier alpha value is -1.17. The van der Waals surface area contributed by atoms with Gasteiger partial charge < -0.3 is 5.11 Å². The summed E-state index contributed by atoms with van der Waals surface area (Å²) in [6, 6.07) is 21.4. The maximum Gasteiger partial charge on any atom is 0.0488 e. The fraction of sp³-hybridized carbons (Fsp3) is 0.333. The van der Waals surface area contributed by atoms with Crippen molar-refractivity contribution in [2.75, 3.05) is 12.8 Å². The Labute approximate surface area is 123 Å². The van der Waals surface area contributed by atoms with Crippen LogP contribution in [0.5, 0.6) is 0 Å². The lowest BCUT2D eigenvalue weighted by atomic mass is 9.91. The number of aliphatic hydroxyl groups excluding tert-OH is 1. The number of hydrogen-bond acceptors (Lipinski definition) is 1. The zero-order valence-corrected chi connectivity index (χ0v) is 13.2. The lowest BCUT2D eigenvalue weighted by Gasteiger charge is -2.31. The van der Waals surface area contributed by atoms with Crippen LogP contribution in [0.2, 0.25) is 0 Å². The molecular formula is C18H23OP. The zero-order valence-electron chi connectivity index (χ0n) is 12.3. The smallest absolute Gasteiger partial charge is 0.0488 e. The van der Waals surface area contributed by atoms with Crippen LogP contribution in [0.15, 0.2) is 60.7 Å². The summed E-state index contributed by atoms with van der Waals surface area (Å²) >= 11 is 0. The second-order valence-electron chi connectivity index (χ2n) is 5.58. The van der Waals surface area contributed by atoms with Crippen molar-refractivity contribution in [1.29, 1.82) is 0 Å². The summed E-state index contributed by atoms with van der Waals surface area (Å²) in [6.45, 7) is 4.61. The Bertz CT molecular complexity index is 466. The van der Waals surface area contributed by atoms with Gasteiger partial charge in [-0.2, -0.15) is 0 Å². The normalized spacial score (nSPS) is 14.2. The van der Waals surface area contributed by atoms with E-state index in [0.29, 0.717) is 0 Å². The second kappa shape index (κ2) is 7.02. The van der Waals surface area contributed by atoms with Crippen LogP contribution < -0.4 is 10.6 Å². The van der Waals surface area contributed by atoms with Crippen LogP contribution in [-0.4, -0.2) is 17.9 Å². The fourth-order valence-electron chi connectivity index (χ4n) is 2.20. The standard InChI is InChI=1S/C18H23OP/c1-3-18(2,14-19)15-20(16-10-6-4-7-11-16)17-12-8-5-9-13-17/h4-13,19H,3,14-15H2,1-2H3/t18-/m1/s1. The first kappa shape index (κ1) is 15.2. The van der Waals surface area contributed by atoms with Gasteiger partial charge in [0.2, 0.25) is 0 Å². The first-order valence-corrected chi connectivity index (χ1v) is 8.70. The van der Waals surface area contributed by atoms with Crippen molar-refractivity contribution in [3.8, 4) is 0 Å². The molecule has 0 aliphatic carbocycles. The molecule has 20 heavy (non-hydrogen) atoms. The van der Waals surface area contributed by atoms with Crippen LogP contribution in [0.4, 0.5) is 0 Å². The fourth-order valence-corrected chi connectivity index (χ4v) is 5.02. The van der Waals surface area contributed by atoms with Crippen LogP contribution in [0.1, 0.15) is 20.3 Å². The predicted molar refractivity (Wildman–Crippen MR) is 89.4 cm³/mol. The molecule has 0 saturated carbocycles. The Morgan fingerprint density at radius 2 is 1.35 bits per heavy atom. The van der Waals surface area contributed by atoms with Gasteiger partial charge in [0.05, 0.1) is 0 Å². The van der Waals surface area contributed by atoms with Gasteiger partial charge in [0.25, 0.3) is 0 Å². The molecule has 0 amide bonds. The lowest BCUT2D eigenvalue weighted by molar-refractivity contribution is 0.159. The van der Waals surface area contributed by atoms with E-state index in [0.717, 1.165) is 12.6 Å². The van der Waals surface area contributed by atoms with E-state index in [1.807, 2.05) is 0 Å². The largest absolute Gasteiger partial charge is 0.396 e. The highest BCUT2D eigenvalue weighted by Gasteiger charge is 2.27. The van der Waals surface area contributed by atoms with Crippen LogP contribution in [0, 0.1) is 5.41 Å². The summed E-state index contributed by atoms with van der Waals surface area (Å²) in [5, 5.41) is 12.5. The number of hydrogen-bond donors (Lipinski definition) is 1. The first-order valence-electron chi connectivity index (χ1n) is 7.17. The summed E-state index contributed by atoms with van der Waals surface area (Å²) in [5.74, 6) is 0. The average molecular weight is 286 g/mol. The van der Waals surface area contributed by atoms with E-state index in [1.54, 1.807) is 0 Å². The molecule has 1 nitrogen and oxygen atoms in total. The van der Waals surface area contributed by atoms with E-state index in [2.05, 4.69) is 74.5 Å². The van der Waals surface area contributed by atoms with E-state index in [-0.39, 0.29) is 12.0 Å². The van der Waals surface area contributed by atoms with Gasteiger partial charge >= 0.3 is 0 Å². The van der Waals surface area contributed by atoms with Crippen LogP contribution in [-0.2, 0) is 0 Å². The highest BCUT2D eigenvalue weighted by molar-refractivity contribution is 7.73.